The summed E-state index contributed by atoms with van der Waals surface area (Å²) in [5.41, 5.74) is 2.69. The van der Waals surface area contributed by atoms with Crippen molar-refractivity contribution in [3.63, 3.8) is 0 Å². The molecule has 0 spiro atoms. The van der Waals surface area contributed by atoms with E-state index in [1.54, 1.807) is 13.3 Å². The number of pyridine rings is 1. The summed E-state index contributed by atoms with van der Waals surface area (Å²) in [6, 6.07) is 11.6. The van der Waals surface area contributed by atoms with Gasteiger partial charge < -0.3 is 14.7 Å². The molecule has 4 heteroatoms. The largest absolute Gasteiger partial charge is 0.497 e. The topological polar surface area (TPSA) is 45.6 Å². The van der Waals surface area contributed by atoms with Gasteiger partial charge in [0.25, 0.3) is 0 Å². The zero-order valence-electron chi connectivity index (χ0n) is 10.5. The van der Waals surface area contributed by atoms with Gasteiger partial charge in [-0.3, -0.25) is 4.98 Å². The van der Waals surface area contributed by atoms with Crippen molar-refractivity contribution < 1.29 is 9.84 Å². The van der Waals surface area contributed by atoms with E-state index in [0.29, 0.717) is 5.69 Å². The van der Waals surface area contributed by atoms with E-state index in [-0.39, 0.29) is 6.61 Å². The molecule has 0 atom stereocenters. The maximum Gasteiger partial charge on any atom is 0.119 e. The SMILES string of the molecule is COc1ccc(N(C)c2ccnc(CO)c2)cc1. The smallest absolute Gasteiger partial charge is 0.119 e. The highest BCUT2D eigenvalue weighted by atomic mass is 16.5. The molecule has 0 aliphatic rings. The summed E-state index contributed by atoms with van der Waals surface area (Å²) < 4.78 is 5.13. The highest BCUT2D eigenvalue weighted by Gasteiger charge is 2.05. The van der Waals surface area contributed by atoms with Gasteiger partial charge in [0.1, 0.15) is 5.75 Å². The first-order chi connectivity index (χ1) is 8.74. The van der Waals surface area contributed by atoms with Crippen LogP contribution in [0.5, 0.6) is 5.75 Å². The maximum atomic E-state index is 9.09. The molecule has 0 fully saturated rings. The van der Waals surface area contributed by atoms with E-state index in [1.165, 1.54) is 0 Å². The van der Waals surface area contributed by atoms with Crippen molar-refractivity contribution in [2.45, 2.75) is 6.61 Å². The number of aromatic nitrogens is 1. The molecule has 1 aromatic heterocycles. The van der Waals surface area contributed by atoms with E-state index < -0.39 is 0 Å². The van der Waals surface area contributed by atoms with Crippen LogP contribution in [0.25, 0.3) is 0 Å². The number of hydrogen-bond donors (Lipinski definition) is 1. The third-order valence-corrected chi connectivity index (χ3v) is 2.81. The summed E-state index contributed by atoms with van der Waals surface area (Å²) in [6.45, 7) is -0.0513. The van der Waals surface area contributed by atoms with Crippen LogP contribution in [-0.4, -0.2) is 24.2 Å². The Hall–Kier alpha value is -2.07. The van der Waals surface area contributed by atoms with Gasteiger partial charge in [0.2, 0.25) is 0 Å². The van der Waals surface area contributed by atoms with Gasteiger partial charge in [0, 0.05) is 24.6 Å². The van der Waals surface area contributed by atoms with E-state index >= 15 is 0 Å². The van der Waals surface area contributed by atoms with Gasteiger partial charge in [0.05, 0.1) is 19.4 Å². The molecule has 2 rings (SSSR count). The lowest BCUT2D eigenvalue weighted by Gasteiger charge is -2.20. The van der Waals surface area contributed by atoms with Crippen LogP contribution < -0.4 is 9.64 Å². The Bertz CT molecular complexity index is 511. The zero-order valence-corrected chi connectivity index (χ0v) is 10.5. The number of aliphatic hydroxyl groups excluding tert-OH is 1. The number of anilines is 2. The number of aliphatic hydroxyl groups is 1. The molecule has 94 valence electrons. The predicted molar refractivity (Wildman–Crippen MR) is 71.2 cm³/mol. The van der Waals surface area contributed by atoms with E-state index in [1.807, 2.05) is 48.3 Å². The summed E-state index contributed by atoms with van der Waals surface area (Å²) in [4.78, 5) is 6.09. The van der Waals surface area contributed by atoms with Gasteiger partial charge in [-0.15, -0.1) is 0 Å². The number of ether oxygens (including phenoxy) is 1. The monoisotopic (exact) mass is 244 g/mol. The minimum absolute atomic E-state index is 0.0513. The summed E-state index contributed by atoms with van der Waals surface area (Å²) in [7, 11) is 3.62. The predicted octanol–water partition coefficient (Wildman–Crippen LogP) is 2.35. The Labute approximate surface area is 106 Å². The third kappa shape index (κ3) is 2.60. The van der Waals surface area contributed by atoms with E-state index in [4.69, 9.17) is 9.84 Å². The molecular formula is C14H16N2O2. The van der Waals surface area contributed by atoms with Gasteiger partial charge in [-0.2, -0.15) is 0 Å². The van der Waals surface area contributed by atoms with Crippen molar-refractivity contribution in [2.24, 2.45) is 0 Å². The summed E-state index contributed by atoms with van der Waals surface area (Å²) >= 11 is 0. The molecule has 0 saturated heterocycles. The van der Waals surface area contributed by atoms with Crippen molar-refractivity contribution in [3.8, 4) is 5.75 Å². The van der Waals surface area contributed by atoms with E-state index in [0.717, 1.165) is 17.1 Å². The van der Waals surface area contributed by atoms with E-state index in [2.05, 4.69) is 4.98 Å². The Morgan fingerprint density at radius 2 is 1.89 bits per heavy atom. The van der Waals surface area contributed by atoms with Gasteiger partial charge in [-0.1, -0.05) is 0 Å². The molecule has 0 unspecified atom stereocenters. The Morgan fingerprint density at radius 3 is 2.50 bits per heavy atom. The number of hydrogen-bond acceptors (Lipinski definition) is 4. The van der Waals surface area contributed by atoms with Crippen molar-refractivity contribution in [3.05, 3.63) is 48.3 Å². The third-order valence-electron chi connectivity index (χ3n) is 2.81. The van der Waals surface area contributed by atoms with Crippen LogP contribution in [0, 0.1) is 0 Å². The van der Waals surface area contributed by atoms with Crippen molar-refractivity contribution in [1.82, 2.24) is 4.98 Å². The molecule has 1 aromatic carbocycles. The first-order valence-electron chi connectivity index (χ1n) is 5.68. The second kappa shape index (κ2) is 5.51. The van der Waals surface area contributed by atoms with Crippen molar-refractivity contribution >= 4 is 11.4 Å². The van der Waals surface area contributed by atoms with Gasteiger partial charge >= 0.3 is 0 Å². The number of methoxy groups -OCH3 is 1. The molecule has 2 aromatic rings. The zero-order chi connectivity index (χ0) is 13.0. The van der Waals surface area contributed by atoms with Crippen molar-refractivity contribution in [1.29, 1.82) is 0 Å². The Kier molecular flexibility index (Phi) is 3.79. The second-order valence-corrected chi connectivity index (χ2v) is 3.92. The van der Waals surface area contributed by atoms with Gasteiger partial charge in [-0.25, -0.2) is 0 Å². The maximum absolute atomic E-state index is 9.09. The summed E-state index contributed by atoms with van der Waals surface area (Å²) in [6.07, 6.45) is 1.70. The van der Waals surface area contributed by atoms with E-state index in [9.17, 15) is 0 Å². The van der Waals surface area contributed by atoms with Crippen LogP contribution in [0.15, 0.2) is 42.6 Å². The van der Waals surface area contributed by atoms with Crippen LogP contribution in [0.2, 0.25) is 0 Å². The standard InChI is InChI=1S/C14H16N2O2/c1-16(12-3-5-14(18-2)6-4-12)13-7-8-15-11(9-13)10-17/h3-9,17H,10H2,1-2H3. The lowest BCUT2D eigenvalue weighted by Crippen LogP contribution is -2.10. The summed E-state index contributed by atoms with van der Waals surface area (Å²) in [5.74, 6) is 0.831. The summed E-state index contributed by atoms with van der Waals surface area (Å²) in [5, 5.41) is 9.09. The minimum atomic E-state index is -0.0513. The normalized spacial score (nSPS) is 10.2. The highest BCUT2D eigenvalue weighted by molar-refractivity contribution is 5.62. The molecule has 4 nitrogen and oxygen atoms in total. The average molecular weight is 244 g/mol. The molecular weight excluding hydrogens is 228 g/mol. The minimum Gasteiger partial charge on any atom is -0.497 e. The molecule has 1 heterocycles. The first-order valence-corrected chi connectivity index (χ1v) is 5.68. The van der Waals surface area contributed by atoms with Crippen molar-refractivity contribution in [2.75, 3.05) is 19.1 Å². The number of rotatable bonds is 4. The van der Waals surface area contributed by atoms with Crippen LogP contribution in [0.3, 0.4) is 0 Å². The quantitative estimate of drug-likeness (QED) is 0.896. The molecule has 0 aliphatic heterocycles. The number of nitrogens with zero attached hydrogens (tertiary/aromatic N) is 2. The Balaban J connectivity index is 2.25. The molecule has 0 aliphatic carbocycles. The molecule has 1 N–H and O–H groups in total. The lowest BCUT2D eigenvalue weighted by atomic mass is 10.2. The molecule has 0 amide bonds. The van der Waals surface area contributed by atoms with Crippen LogP contribution >= 0.6 is 0 Å². The highest BCUT2D eigenvalue weighted by Crippen LogP contribution is 2.25. The fourth-order valence-electron chi connectivity index (χ4n) is 1.72. The first kappa shape index (κ1) is 12.4. The average Bonchev–Trinajstić information content (AvgIpc) is 2.46. The van der Waals surface area contributed by atoms with Crippen LogP contribution in [0.1, 0.15) is 5.69 Å². The molecule has 0 bridgehead atoms. The van der Waals surface area contributed by atoms with Gasteiger partial charge in [0.15, 0.2) is 0 Å². The molecule has 0 saturated carbocycles. The molecule has 18 heavy (non-hydrogen) atoms. The fraction of sp³-hybridized carbons (Fsp3) is 0.214. The van der Waals surface area contributed by atoms with Crippen LogP contribution in [0.4, 0.5) is 11.4 Å². The van der Waals surface area contributed by atoms with Crippen LogP contribution in [-0.2, 0) is 6.61 Å². The number of benzene rings is 1. The fourth-order valence-corrected chi connectivity index (χ4v) is 1.72. The molecule has 0 radical (unpaired) electrons. The van der Waals surface area contributed by atoms with Gasteiger partial charge in [-0.05, 0) is 36.4 Å². The lowest BCUT2D eigenvalue weighted by molar-refractivity contribution is 0.277. The second-order valence-electron chi connectivity index (χ2n) is 3.92. The Morgan fingerprint density at radius 1 is 1.17 bits per heavy atom.